The van der Waals surface area contributed by atoms with Gasteiger partial charge in [0.25, 0.3) is 5.91 Å². The summed E-state index contributed by atoms with van der Waals surface area (Å²) in [5.74, 6) is -1.09. The van der Waals surface area contributed by atoms with Crippen LogP contribution in [-0.4, -0.2) is 40.2 Å². The quantitative estimate of drug-likeness (QED) is 0.682. The summed E-state index contributed by atoms with van der Waals surface area (Å²) >= 11 is 0. The molecule has 1 aliphatic rings. The summed E-state index contributed by atoms with van der Waals surface area (Å²) in [4.78, 5) is 12.4. The minimum absolute atomic E-state index is 0.0391. The van der Waals surface area contributed by atoms with Crippen molar-refractivity contribution in [3.8, 4) is 5.75 Å². The largest absolute Gasteiger partial charge is 0.492 e. The van der Waals surface area contributed by atoms with Gasteiger partial charge in [0.05, 0.1) is 28.9 Å². The van der Waals surface area contributed by atoms with E-state index in [1.165, 1.54) is 42.5 Å². The Balaban J connectivity index is 1.83. The normalized spacial score (nSPS) is 16.6. The molecule has 1 fully saturated rings. The average molecular weight is 422 g/mol. The van der Waals surface area contributed by atoms with Gasteiger partial charge >= 0.3 is 0 Å². The fourth-order valence-corrected chi connectivity index (χ4v) is 4.07. The van der Waals surface area contributed by atoms with E-state index in [0.717, 1.165) is 12.8 Å². The predicted molar refractivity (Wildman–Crippen MR) is 106 cm³/mol. The fraction of sp³-hybridized carbons (Fsp3) is 0.350. The lowest BCUT2D eigenvalue weighted by atomic mass is 10.2. The van der Waals surface area contributed by atoms with E-state index in [0.29, 0.717) is 13.2 Å². The van der Waals surface area contributed by atoms with Gasteiger partial charge in [-0.25, -0.2) is 17.5 Å². The molecule has 2 aromatic rings. The van der Waals surface area contributed by atoms with Crippen LogP contribution in [0, 0.1) is 5.82 Å². The standard InChI is InChI=1S/C20H23FN2O5S/c1-2-27-19-10-9-15(29(25,26)22-13-14-6-5-11-28-14)12-18(19)23-20(24)16-7-3-4-8-17(16)21/h3-4,7-10,12,14,22H,2,5-6,11,13H2,1H3,(H,23,24)/t14-/m1/s1. The molecule has 0 spiro atoms. The van der Waals surface area contributed by atoms with Crippen molar-refractivity contribution in [3.05, 3.63) is 53.8 Å². The van der Waals surface area contributed by atoms with E-state index in [1.54, 1.807) is 6.92 Å². The second kappa shape index (κ2) is 9.34. The van der Waals surface area contributed by atoms with Crippen molar-refractivity contribution in [3.63, 3.8) is 0 Å². The number of hydrogen-bond donors (Lipinski definition) is 2. The number of nitrogens with one attached hydrogen (secondary N) is 2. The SMILES string of the molecule is CCOc1ccc(S(=O)(=O)NC[C@H]2CCCO2)cc1NC(=O)c1ccccc1F. The van der Waals surface area contributed by atoms with Gasteiger partial charge in [-0.05, 0) is 50.1 Å². The van der Waals surface area contributed by atoms with Gasteiger partial charge in [-0.15, -0.1) is 0 Å². The van der Waals surface area contributed by atoms with Crippen LogP contribution in [-0.2, 0) is 14.8 Å². The number of amides is 1. The molecule has 0 bridgehead atoms. The Hall–Kier alpha value is -2.49. The first kappa shape index (κ1) is 21.2. The lowest BCUT2D eigenvalue weighted by molar-refractivity contribution is 0.102. The Bertz CT molecular complexity index is 975. The fourth-order valence-electron chi connectivity index (χ4n) is 2.98. The summed E-state index contributed by atoms with van der Waals surface area (Å²) in [6, 6.07) is 9.68. The molecule has 0 aliphatic carbocycles. The summed E-state index contributed by atoms with van der Waals surface area (Å²) in [6.45, 7) is 2.87. The lowest BCUT2D eigenvalue weighted by Gasteiger charge is -2.15. The smallest absolute Gasteiger partial charge is 0.258 e. The molecule has 0 saturated carbocycles. The minimum atomic E-state index is -3.82. The second-order valence-corrected chi connectivity index (χ2v) is 8.28. The Morgan fingerprint density at radius 2 is 2.07 bits per heavy atom. The Kier molecular flexibility index (Phi) is 6.83. The number of carbonyl (C=O) groups is 1. The number of hydrogen-bond acceptors (Lipinski definition) is 5. The highest BCUT2D eigenvalue weighted by molar-refractivity contribution is 7.89. The first-order valence-corrected chi connectivity index (χ1v) is 10.8. The third-order valence-electron chi connectivity index (χ3n) is 4.45. The van der Waals surface area contributed by atoms with Crippen molar-refractivity contribution >= 4 is 21.6 Å². The molecule has 2 aromatic carbocycles. The summed E-state index contributed by atoms with van der Waals surface area (Å²) in [6.07, 6.45) is 1.56. The third-order valence-corrected chi connectivity index (χ3v) is 5.87. The van der Waals surface area contributed by atoms with Crippen LogP contribution in [0.5, 0.6) is 5.75 Å². The van der Waals surface area contributed by atoms with Crippen LogP contribution in [0.3, 0.4) is 0 Å². The van der Waals surface area contributed by atoms with Crippen molar-refractivity contribution in [2.45, 2.75) is 30.8 Å². The molecule has 0 radical (unpaired) electrons. The van der Waals surface area contributed by atoms with Gasteiger partial charge in [0, 0.05) is 13.2 Å². The molecule has 3 rings (SSSR count). The van der Waals surface area contributed by atoms with Crippen molar-refractivity contribution in [1.82, 2.24) is 4.72 Å². The monoisotopic (exact) mass is 422 g/mol. The van der Waals surface area contributed by atoms with E-state index in [2.05, 4.69) is 10.0 Å². The molecule has 1 heterocycles. The Labute approximate surface area is 169 Å². The van der Waals surface area contributed by atoms with Gasteiger partial charge in [-0.3, -0.25) is 4.79 Å². The van der Waals surface area contributed by atoms with Gasteiger partial charge in [-0.1, -0.05) is 12.1 Å². The van der Waals surface area contributed by atoms with Crippen LogP contribution in [0.15, 0.2) is 47.4 Å². The lowest BCUT2D eigenvalue weighted by Crippen LogP contribution is -2.31. The molecule has 156 valence electrons. The van der Waals surface area contributed by atoms with Crippen LogP contribution < -0.4 is 14.8 Å². The van der Waals surface area contributed by atoms with Crippen molar-refractivity contribution in [2.24, 2.45) is 0 Å². The van der Waals surface area contributed by atoms with Gasteiger partial charge in [0.1, 0.15) is 11.6 Å². The van der Waals surface area contributed by atoms with E-state index < -0.39 is 21.7 Å². The van der Waals surface area contributed by atoms with Gasteiger partial charge in [0.15, 0.2) is 0 Å². The van der Waals surface area contributed by atoms with E-state index >= 15 is 0 Å². The molecule has 7 nitrogen and oxygen atoms in total. The number of benzene rings is 2. The van der Waals surface area contributed by atoms with E-state index in [1.807, 2.05) is 0 Å². The number of rotatable bonds is 8. The van der Waals surface area contributed by atoms with Crippen LogP contribution in [0.2, 0.25) is 0 Å². The first-order chi connectivity index (χ1) is 13.9. The van der Waals surface area contributed by atoms with Gasteiger partial charge in [0.2, 0.25) is 10.0 Å². The van der Waals surface area contributed by atoms with E-state index in [9.17, 15) is 17.6 Å². The maximum atomic E-state index is 13.9. The Morgan fingerprint density at radius 1 is 1.28 bits per heavy atom. The van der Waals surface area contributed by atoms with Crippen molar-refractivity contribution in [1.29, 1.82) is 0 Å². The number of anilines is 1. The molecule has 0 unspecified atom stereocenters. The molecule has 1 atom stereocenters. The molecule has 0 aromatic heterocycles. The summed E-state index contributed by atoms with van der Waals surface area (Å²) < 4.78 is 52.6. The maximum absolute atomic E-state index is 13.9. The molecule has 1 saturated heterocycles. The molecule has 29 heavy (non-hydrogen) atoms. The van der Waals surface area contributed by atoms with Crippen molar-refractivity contribution < 1.29 is 27.1 Å². The highest BCUT2D eigenvalue weighted by Crippen LogP contribution is 2.29. The molecule has 2 N–H and O–H groups in total. The Morgan fingerprint density at radius 3 is 2.76 bits per heavy atom. The summed E-state index contributed by atoms with van der Waals surface area (Å²) in [5.41, 5.74) is -0.0141. The number of carbonyl (C=O) groups excluding carboxylic acids is 1. The number of sulfonamides is 1. The van der Waals surface area contributed by atoms with Crippen LogP contribution >= 0.6 is 0 Å². The molecular weight excluding hydrogens is 399 g/mol. The minimum Gasteiger partial charge on any atom is -0.492 e. The number of halogens is 1. The molecular formula is C20H23FN2O5S. The maximum Gasteiger partial charge on any atom is 0.258 e. The third kappa shape index (κ3) is 5.31. The average Bonchev–Trinajstić information content (AvgIpc) is 3.22. The molecule has 9 heteroatoms. The van der Waals surface area contributed by atoms with Crippen LogP contribution in [0.1, 0.15) is 30.1 Å². The van der Waals surface area contributed by atoms with Crippen LogP contribution in [0.4, 0.5) is 10.1 Å². The zero-order valence-electron chi connectivity index (χ0n) is 16.0. The molecule has 1 aliphatic heterocycles. The van der Waals surface area contributed by atoms with Gasteiger partial charge < -0.3 is 14.8 Å². The van der Waals surface area contributed by atoms with E-state index in [-0.39, 0.29) is 34.5 Å². The molecule has 1 amide bonds. The van der Waals surface area contributed by atoms with Crippen molar-refractivity contribution in [2.75, 3.05) is 25.1 Å². The highest BCUT2D eigenvalue weighted by Gasteiger charge is 2.22. The zero-order valence-corrected chi connectivity index (χ0v) is 16.8. The predicted octanol–water partition coefficient (Wildman–Crippen LogP) is 2.93. The van der Waals surface area contributed by atoms with Crippen LogP contribution in [0.25, 0.3) is 0 Å². The number of ether oxygens (including phenoxy) is 2. The topological polar surface area (TPSA) is 93.7 Å². The second-order valence-electron chi connectivity index (χ2n) is 6.51. The summed E-state index contributed by atoms with van der Waals surface area (Å²) in [5, 5.41) is 2.54. The zero-order chi connectivity index (χ0) is 20.9. The summed E-state index contributed by atoms with van der Waals surface area (Å²) in [7, 11) is -3.82. The highest BCUT2D eigenvalue weighted by atomic mass is 32.2. The van der Waals surface area contributed by atoms with Gasteiger partial charge in [-0.2, -0.15) is 0 Å². The first-order valence-electron chi connectivity index (χ1n) is 9.34. The van der Waals surface area contributed by atoms with E-state index in [4.69, 9.17) is 9.47 Å².